The molecule has 0 aliphatic carbocycles. The third-order valence-corrected chi connectivity index (χ3v) is 5.04. The van der Waals surface area contributed by atoms with Gasteiger partial charge in [-0.05, 0) is 5.41 Å². The van der Waals surface area contributed by atoms with Crippen LogP contribution in [0.1, 0.15) is 40.3 Å². The maximum absolute atomic E-state index is 11.2. The number of carbonyl (C=O) groups is 1. The van der Waals surface area contributed by atoms with Gasteiger partial charge < -0.3 is 4.74 Å². The minimum Gasteiger partial charge on any atom is -0.465 e. The van der Waals surface area contributed by atoms with Gasteiger partial charge in [0, 0.05) is 0 Å². The lowest BCUT2D eigenvalue weighted by Gasteiger charge is -2.23. The summed E-state index contributed by atoms with van der Waals surface area (Å²) in [6.07, 6.45) is 1.56. The van der Waals surface area contributed by atoms with E-state index in [1.165, 1.54) is 18.4 Å². The van der Waals surface area contributed by atoms with Crippen LogP contribution in [-0.2, 0) is 4.74 Å². The second-order valence-electron chi connectivity index (χ2n) is 4.28. The molecule has 1 rings (SSSR count). The molecular weight excluding hydrogens is 278 g/mol. The zero-order valence-electron chi connectivity index (χ0n) is 9.20. The van der Waals surface area contributed by atoms with Crippen molar-refractivity contribution >= 4 is 33.2 Å². The van der Waals surface area contributed by atoms with Crippen molar-refractivity contribution in [2.45, 2.75) is 25.6 Å². The molecule has 0 bridgehead atoms. The molecular formula is C10H14BrNO2S. The average Bonchev–Trinajstić information content (AvgIpc) is 2.62. The van der Waals surface area contributed by atoms with Crippen LogP contribution >= 0.6 is 27.3 Å². The van der Waals surface area contributed by atoms with E-state index in [0.29, 0.717) is 4.88 Å². The second-order valence-corrected chi connectivity index (χ2v) is 6.26. The number of carbonyl (C=O) groups excluding carboxylic acids is 1. The number of methoxy groups -OCH3 is 1. The third kappa shape index (κ3) is 3.01. The molecule has 0 saturated carbocycles. The maximum Gasteiger partial charge on any atom is 0.349 e. The number of alkyl halides is 1. The molecule has 15 heavy (non-hydrogen) atoms. The number of aromatic nitrogens is 1. The Kier molecular flexibility index (Phi) is 3.89. The highest BCUT2D eigenvalue weighted by atomic mass is 79.9. The first-order chi connectivity index (χ1) is 6.86. The minimum atomic E-state index is -0.327. The first kappa shape index (κ1) is 12.6. The molecule has 0 fully saturated rings. The zero-order valence-corrected chi connectivity index (χ0v) is 11.6. The van der Waals surface area contributed by atoms with Gasteiger partial charge in [0.25, 0.3) is 0 Å². The van der Waals surface area contributed by atoms with Crippen molar-refractivity contribution in [1.29, 1.82) is 0 Å². The number of esters is 1. The fraction of sp³-hybridized carbons (Fsp3) is 0.600. The molecule has 5 heteroatoms. The Bertz CT molecular complexity index is 357. The summed E-state index contributed by atoms with van der Waals surface area (Å²) in [7, 11) is 1.37. The smallest absolute Gasteiger partial charge is 0.349 e. The Morgan fingerprint density at radius 2 is 2.20 bits per heavy atom. The number of hydrogen-bond donors (Lipinski definition) is 0. The Labute approximate surface area is 102 Å². The van der Waals surface area contributed by atoms with Crippen LogP contribution < -0.4 is 0 Å². The van der Waals surface area contributed by atoms with E-state index in [-0.39, 0.29) is 16.2 Å². The molecule has 0 radical (unpaired) electrons. The normalized spacial score (nSPS) is 13.7. The molecule has 1 aromatic rings. The van der Waals surface area contributed by atoms with Crippen molar-refractivity contribution in [1.82, 2.24) is 4.98 Å². The Balaban J connectivity index is 2.89. The summed E-state index contributed by atoms with van der Waals surface area (Å²) in [5.41, 5.74) is 0.0746. The van der Waals surface area contributed by atoms with Crippen LogP contribution in [0, 0.1) is 5.41 Å². The molecule has 1 heterocycles. The van der Waals surface area contributed by atoms with Gasteiger partial charge in [-0.25, -0.2) is 9.78 Å². The fourth-order valence-corrected chi connectivity index (χ4v) is 2.43. The van der Waals surface area contributed by atoms with Crippen molar-refractivity contribution in [3.63, 3.8) is 0 Å². The predicted octanol–water partition coefficient (Wildman–Crippen LogP) is 3.41. The molecule has 1 unspecified atom stereocenters. The predicted molar refractivity (Wildman–Crippen MR) is 64.6 cm³/mol. The SMILES string of the molecule is COC(=O)c1cnc(C(Br)C(C)(C)C)s1. The van der Waals surface area contributed by atoms with Crippen LogP contribution in [0.25, 0.3) is 0 Å². The minimum absolute atomic E-state index is 0.0746. The van der Waals surface area contributed by atoms with Crippen LogP contribution in [0.4, 0.5) is 0 Å². The highest BCUT2D eigenvalue weighted by Gasteiger charge is 2.27. The van der Waals surface area contributed by atoms with Gasteiger partial charge in [-0.15, -0.1) is 11.3 Å². The summed E-state index contributed by atoms with van der Waals surface area (Å²) in [5, 5.41) is 0.905. The van der Waals surface area contributed by atoms with Crippen LogP contribution in [-0.4, -0.2) is 18.1 Å². The summed E-state index contributed by atoms with van der Waals surface area (Å²) in [5.74, 6) is -0.327. The molecule has 1 atom stereocenters. The van der Waals surface area contributed by atoms with Crippen molar-refractivity contribution in [3.8, 4) is 0 Å². The second kappa shape index (κ2) is 4.61. The molecule has 0 aromatic carbocycles. The highest BCUT2D eigenvalue weighted by molar-refractivity contribution is 9.09. The van der Waals surface area contributed by atoms with Gasteiger partial charge in [0.2, 0.25) is 0 Å². The summed E-state index contributed by atoms with van der Waals surface area (Å²) in [6, 6.07) is 0. The van der Waals surface area contributed by atoms with E-state index in [9.17, 15) is 4.79 Å². The number of ether oxygens (including phenoxy) is 1. The summed E-state index contributed by atoms with van der Waals surface area (Å²) >= 11 is 4.95. The molecule has 0 aliphatic heterocycles. The molecule has 84 valence electrons. The van der Waals surface area contributed by atoms with E-state index < -0.39 is 0 Å². The van der Waals surface area contributed by atoms with Gasteiger partial charge in [-0.3, -0.25) is 0 Å². The first-order valence-corrected chi connectivity index (χ1v) is 6.27. The molecule has 0 amide bonds. The van der Waals surface area contributed by atoms with E-state index >= 15 is 0 Å². The van der Waals surface area contributed by atoms with E-state index in [0.717, 1.165) is 5.01 Å². The van der Waals surface area contributed by atoms with Gasteiger partial charge in [-0.1, -0.05) is 36.7 Å². The van der Waals surface area contributed by atoms with Gasteiger partial charge in [0.05, 0.1) is 18.1 Å². The van der Waals surface area contributed by atoms with E-state index in [2.05, 4.69) is 46.4 Å². The number of halogens is 1. The van der Waals surface area contributed by atoms with E-state index in [4.69, 9.17) is 0 Å². The molecule has 0 spiro atoms. The molecule has 0 N–H and O–H groups in total. The monoisotopic (exact) mass is 291 g/mol. The van der Waals surface area contributed by atoms with E-state index in [1.54, 1.807) is 6.20 Å². The quantitative estimate of drug-likeness (QED) is 0.619. The van der Waals surface area contributed by atoms with Gasteiger partial charge in [0.15, 0.2) is 0 Å². The van der Waals surface area contributed by atoms with Gasteiger partial charge in [-0.2, -0.15) is 0 Å². The van der Waals surface area contributed by atoms with Crippen molar-refractivity contribution in [2.75, 3.05) is 7.11 Å². The summed E-state index contributed by atoms with van der Waals surface area (Å²) < 4.78 is 4.63. The number of nitrogens with zero attached hydrogens (tertiary/aromatic N) is 1. The van der Waals surface area contributed by atoms with Crippen molar-refractivity contribution in [3.05, 3.63) is 16.1 Å². The van der Waals surface area contributed by atoms with Gasteiger partial charge in [0.1, 0.15) is 9.88 Å². The van der Waals surface area contributed by atoms with Crippen molar-refractivity contribution < 1.29 is 9.53 Å². The van der Waals surface area contributed by atoms with E-state index in [1.807, 2.05) is 0 Å². The highest BCUT2D eigenvalue weighted by Crippen LogP contribution is 2.41. The fourth-order valence-electron chi connectivity index (χ4n) is 0.970. The zero-order chi connectivity index (χ0) is 11.6. The third-order valence-electron chi connectivity index (χ3n) is 1.89. The van der Waals surface area contributed by atoms with Crippen LogP contribution in [0.3, 0.4) is 0 Å². The number of rotatable bonds is 2. The van der Waals surface area contributed by atoms with Crippen LogP contribution in [0.5, 0.6) is 0 Å². The topological polar surface area (TPSA) is 39.2 Å². The largest absolute Gasteiger partial charge is 0.465 e. The standard InChI is InChI=1S/C10H14BrNO2S/c1-10(2,3)7(11)8-12-5-6(15-8)9(13)14-4/h5,7H,1-4H3. The lowest BCUT2D eigenvalue weighted by Crippen LogP contribution is -2.12. The van der Waals surface area contributed by atoms with Crippen LogP contribution in [0.2, 0.25) is 0 Å². The lowest BCUT2D eigenvalue weighted by atomic mass is 9.93. The van der Waals surface area contributed by atoms with Crippen molar-refractivity contribution in [2.24, 2.45) is 5.41 Å². The van der Waals surface area contributed by atoms with Gasteiger partial charge >= 0.3 is 5.97 Å². The summed E-state index contributed by atoms with van der Waals surface area (Å²) in [4.78, 5) is 16.1. The Morgan fingerprint density at radius 3 is 2.67 bits per heavy atom. The Morgan fingerprint density at radius 1 is 1.60 bits per heavy atom. The summed E-state index contributed by atoms with van der Waals surface area (Å²) in [6.45, 7) is 6.35. The average molecular weight is 292 g/mol. The Hall–Kier alpha value is -0.420. The van der Waals surface area contributed by atoms with Crippen LogP contribution in [0.15, 0.2) is 6.20 Å². The number of thiazole rings is 1. The number of hydrogen-bond acceptors (Lipinski definition) is 4. The maximum atomic E-state index is 11.2. The molecule has 1 aromatic heterocycles. The lowest BCUT2D eigenvalue weighted by molar-refractivity contribution is 0.0606. The molecule has 0 aliphatic rings. The first-order valence-electron chi connectivity index (χ1n) is 4.54. The molecule has 0 saturated heterocycles. The molecule has 3 nitrogen and oxygen atoms in total.